The maximum Gasteiger partial charge on any atom is 0.192 e. The molecule has 1 saturated heterocycles. The number of aliphatic hydroxyl groups excluding tert-OH is 1. The molecule has 0 saturated carbocycles. The number of hydrogen-bond acceptors (Lipinski definition) is 6. The number of hydrogen-bond donors (Lipinski definition) is 2. The molecule has 9 heteroatoms. The maximum absolute atomic E-state index is 10.5. The lowest BCUT2D eigenvalue weighted by atomic mass is 10.2. The fourth-order valence-corrected chi connectivity index (χ4v) is 4.66. The number of ether oxygens (including phenoxy) is 1. The molecular weight excluding hydrogens is 463 g/mol. The minimum Gasteiger partial charge on any atom is -0.414 e. The third-order valence-electron chi connectivity index (χ3n) is 5.52. The van der Waals surface area contributed by atoms with Gasteiger partial charge in [0.05, 0.1) is 18.1 Å². The molecule has 7 nitrogen and oxygen atoms in total. The van der Waals surface area contributed by atoms with Crippen molar-refractivity contribution >= 4 is 47.8 Å². The smallest absolute Gasteiger partial charge is 0.192 e. The minimum atomic E-state index is -1.89. The van der Waals surface area contributed by atoms with E-state index in [4.69, 9.17) is 14.9 Å². The molecule has 1 aliphatic rings. The van der Waals surface area contributed by atoms with Gasteiger partial charge in [0.1, 0.15) is 30.1 Å². The van der Waals surface area contributed by atoms with E-state index in [0.29, 0.717) is 18.8 Å². The van der Waals surface area contributed by atoms with Crippen LogP contribution in [-0.4, -0.2) is 46.8 Å². The van der Waals surface area contributed by atoms with Crippen molar-refractivity contribution in [2.24, 2.45) is 0 Å². The third kappa shape index (κ3) is 3.64. The van der Waals surface area contributed by atoms with Gasteiger partial charge in [-0.1, -0.05) is 20.8 Å². The van der Waals surface area contributed by atoms with E-state index in [-0.39, 0.29) is 17.4 Å². The molecule has 3 heterocycles. The van der Waals surface area contributed by atoms with Crippen molar-refractivity contribution in [2.45, 2.75) is 63.8 Å². The van der Waals surface area contributed by atoms with Crippen LogP contribution in [0.1, 0.15) is 33.4 Å². The third-order valence-corrected chi connectivity index (χ3v) is 10.8. The number of fused-ring (bicyclic) bond motifs is 1. The number of halogens is 1. The van der Waals surface area contributed by atoms with Gasteiger partial charge in [-0.15, -0.1) is 0 Å². The Kier molecular flexibility index (Phi) is 5.39. The van der Waals surface area contributed by atoms with Gasteiger partial charge in [0, 0.05) is 16.2 Å². The quantitative estimate of drug-likeness (QED) is 0.505. The standard InChI is InChI=1S/C17H27IN4O3Si/c1-17(2,3)26(4,5)24-8-12-11(23)6-13(25-12)22-7-10(18)14-15(19)20-9-21-16(14)22/h7,9,11-13,23H,6,8H2,1-5H3,(H2,19,20,21)/t11-,12-,13-/m1/s1. The van der Waals surface area contributed by atoms with Crippen LogP contribution < -0.4 is 5.73 Å². The average molecular weight is 490 g/mol. The highest BCUT2D eigenvalue weighted by molar-refractivity contribution is 14.1. The largest absolute Gasteiger partial charge is 0.414 e. The number of anilines is 1. The zero-order chi connectivity index (χ0) is 19.3. The molecule has 2 aromatic rings. The number of rotatable bonds is 4. The van der Waals surface area contributed by atoms with Gasteiger partial charge >= 0.3 is 0 Å². The van der Waals surface area contributed by atoms with E-state index in [1.807, 2.05) is 10.8 Å². The predicted octanol–water partition coefficient (Wildman–Crippen LogP) is 3.29. The highest BCUT2D eigenvalue weighted by Crippen LogP contribution is 2.38. The first-order chi connectivity index (χ1) is 12.0. The lowest BCUT2D eigenvalue weighted by Crippen LogP contribution is -2.43. The zero-order valence-electron chi connectivity index (χ0n) is 15.9. The average Bonchev–Trinajstić information content (AvgIpc) is 3.05. The Morgan fingerprint density at radius 1 is 1.42 bits per heavy atom. The number of aromatic nitrogens is 3. The van der Waals surface area contributed by atoms with Crippen molar-refractivity contribution in [2.75, 3.05) is 12.3 Å². The monoisotopic (exact) mass is 490 g/mol. The van der Waals surface area contributed by atoms with E-state index in [1.165, 1.54) is 6.33 Å². The zero-order valence-corrected chi connectivity index (χ0v) is 19.0. The summed E-state index contributed by atoms with van der Waals surface area (Å²) in [6, 6.07) is 0. The lowest BCUT2D eigenvalue weighted by Gasteiger charge is -2.37. The van der Waals surface area contributed by atoms with Gasteiger partial charge in [0.15, 0.2) is 8.32 Å². The van der Waals surface area contributed by atoms with Crippen LogP contribution in [0, 0.1) is 3.57 Å². The molecule has 0 bridgehead atoms. The van der Waals surface area contributed by atoms with E-state index < -0.39 is 14.4 Å². The molecule has 144 valence electrons. The summed E-state index contributed by atoms with van der Waals surface area (Å²) in [5.41, 5.74) is 6.71. The summed E-state index contributed by atoms with van der Waals surface area (Å²) in [6.45, 7) is 11.4. The SMILES string of the molecule is CC(C)(C)[Si](C)(C)OC[C@H]1O[C@@H](n2cc(I)c3c(N)ncnc32)C[C@H]1O. The van der Waals surface area contributed by atoms with Crippen LogP contribution in [0.15, 0.2) is 12.5 Å². The molecule has 0 aromatic carbocycles. The summed E-state index contributed by atoms with van der Waals surface area (Å²) in [5.74, 6) is 0.453. The molecular formula is C17H27IN4O3Si. The minimum absolute atomic E-state index is 0.122. The van der Waals surface area contributed by atoms with Crippen LogP contribution in [0.4, 0.5) is 5.82 Å². The van der Waals surface area contributed by atoms with Gasteiger partial charge in [-0.2, -0.15) is 0 Å². The number of nitrogen functional groups attached to an aromatic ring is 1. The summed E-state index contributed by atoms with van der Waals surface area (Å²) in [5, 5.41) is 11.4. The van der Waals surface area contributed by atoms with Crippen molar-refractivity contribution < 1.29 is 14.3 Å². The number of nitrogens with two attached hydrogens (primary N) is 1. The first kappa shape index (κ1) is 20.0. The van der Waals surface area contributed by atoms with Crippen LogP contribution in [-0.2, 0) is 9.16 Å². The van der Waals surface area contributed by atoms with Gasteiger partial charge in [-0.05, 0) is 40.7 Å². The first-order valence-corrected chi connectivity index (χ1v) is 12.7. The summed E-state index contributed by atoms with van der Waals surface area (Å²) in [6.07, 6.45) is 2.69. The van der Waals surface area contributed by atoms with E-state index in [1.54, 1.807) is 0 Å². The van der Waals surface area contributed by atoms with Gasteiger partial charge in [0.2, 0.25) is 0 Å². The molecule has 3 atom stereocenters. The fourth-order valence-electron chi connectivity index (χ4n) is 2.82. The van der Waals surface area contributed by atoms with Gasteiger partial charge < -0.3 is 24.6 Å². The second kappa shape index (κ2) is 7.01. The van der Waals surface area contributed by atoms with Crippen LogP contribution in [0.5, 0.6) is 0 Å². The molecule has 1 aliphatic heterocycles. The van der Waals surface area contributed by atoms with E-state index >= 15 is 0 Å². The van der Waals surface area contributed by atoms with Crippen LogP contribution in [0.2, 0.25) is 18.1 Å². The topological polar surface area (TPSA) is 95.4 Å². The van der Waals surface area contributed by atoms with Gasteiger partial charge in [-0.3, -0.25) is 0 Å². The molecule has 3 rings (SSSR count). The maximum atomic E-state index is 10.5. The molecule has 2 aromatic heterocycles. The predicted molar refractivity (Wildman–Crippen MR) is 112 cm³/mol. The summed E-state index contributed by atoms with van der Waals surface area (Å²) in [7, 11) is -1.89. The molecule has 0 spiro atoms. The van der Waals surface area contributed by atoms with Crippen molar-refractivity contribution in [3.8, 4) is 0 Å². The van der Waals surface area contributed by atoms with Crippen molar-refractivity contribution in [1.82, 2.24) is 14.5 Å². The van der Waals surface area contributed by atoms with Crippen LogP contribution >= 0.6 is 22.6 Å². The van der Waals surface area contributed by atoms with Gasteiger partial charge in [0.25, 0.3) is 0 Å². The van der Waals surface area contributed by atoms with Crippen LogP contribution in [0.3, 0.4) is 0 Å². The molecule has 3 N–H and O–H groups in total. The normalized spacial score (nSPS) is 24.5. The molecule has 26 heavy (non-hydrogen) atoms. The lowest BCUT2D eigenvalue weighted by molar-refractivity contribution is -0.0403. The second-order valence-corrected chi connectivity index (χ2v) is 14.3. The summed E-state index contributed by atoms with van der Waals surface area (Å²) in [4.78, 5) is 8.42. The van der Waals surface area contributed by atoms with E-state index in [0.717, 1.165) is 14.6 Å². The highest BCUT2D eigenvalue weighted by atomic mass is 127. The fraction of sp³-hybridized carbons (Fsp3) is 0.647. The van der Waals surface area contributed by atoms with Crippen molar-refractivity contribution in [1.29, 1.82) is 0 Å². The second-order valence-electron chi connectivity index (χ2n) is 8.35. The Bertz CT molecular complexity index is 805. The molecule has 0 amide bonds. The molecule has 0 radical (unpaired) electrons. The van der Waals surface area contributed by atoms with Gasteiger partial charge in [-0.25, -0.2) is 9.97 Å². The Hall–Kier alpha value is -0.753. The number of aliphatic hydroxyl groups is 1. The first-order valence-electron chi connectivity index (χ1n) is 8.75. The Balaban J connectivity index is 1.77. The Morgan fingerprint density at radius 2 is 2.12 bits per heavy atom. The summed E-state index contributed by atoms with van der Waals surface area (Å²) >= 11 is 2.22. The van der Waals surface area contributed by atoms with Crippen LogP contribution in [0.25, 0.3) is 11.0 Å². The molecule has 0 aliphatic carbocycles. The van der Waals surface area contributed by atoms with E-state index in [9.17, 15) is 5.11 Å². The van der Waals surface area contributed by atoms with Crippen molar-refractivity contribution in [3.63, 3.8) is 0 Å². The molecule has 1 fully saturated rings. The highest BCUT2D eigenvalue weighted by Gasteiger charge is 2.41. The van der Waals surface area contributed by atoms with Crippen molar-refractivity contribution in [3.05, 3.63) is 16.1 Å². The summed E-state index contributed by atoms with van der Waals surface area (Å²) < 4.78 is 15.3. The van der Waals surface area contributed by atoms with E-state index in [2.05, 4.69) is 66.4 Å². The Labute approximate surface area is 168 Å². The number of nitrogens with zero attached hydrogens (tertiary/aromatic N) is 3. The molecule has 0 unspecified atom stereocenters. The Morgan fingerprint density at radius 3 is 2.77 bits per heavy atom.